The summed E-state index contributed by atoms with van der Waals surface area (Å²) in [6.45, 7) is 5.52. The van der Waals surface area contributed by atoms with Gasteiger partial charge < -0.3 is 15.5 Å². The molecule has 122 valence electrons. The standard InChI is InChI=1S/C19H22N2O.ClH/c1-19(2,13-20)17-11-21-18-10-15(8-9-16(17)18)22-12-14-6-4-3-5-7-14;/h3-11,21H,12-13,20H2,1-2H3;1H. The monoisotopic (exact) mass is 330 g/mol. The van der Waals surface area contributed by atoms with E-state index in [2.05, 4.69) is 43.2 Å². The second-order valence-electron chi connectivity index (χ2n) is 6.27. The van der Waals surface area contributed by atoms with Gasteiger partial charge in [-0.2, -0.15) is 0 Å². The second-order valence-corrected chi connectivity index (χ2v) is 6.27. The van der Waals surface area contributed by atoms with Crippen LogP contribution >= 0.6 is 12.4 Å². The average molecular weight is 331 g/mol. The predicted octanol–water partition coefficient (Wildman–Crippen LogP) is 4.41. The molecule has 0 aliphatic rings. The molecule has 0 saturated heterocycles. The van der Waals surface area contributed by atoms with Crippen LogP contribution in [0.4, 0.5) is 0 Å². The predicted molar refractivity (Wildman–Crippen MR) is 98.4 cm³/mol. The Morgan fingerprint density at radius 3 is 2.52 bits per heavy atom. The van der Waals surface area contributed by atoms with Crippen LogP contribution in [-0.2, 0) is 12.0 Å². The largest absolute Gasteiger partial charge is 0.489 e. The zero-order chi connectivity index (χ0) is 15.6. The van der Waals surface area contributed by atoms with Gasteiger partial charge in [0.05, 0.1) is 0 Å². The van der Waals surface area contributed by atoms with Gasteiger partial charge in [0.2, 0.25) is 0 Å². The first-order chi connectivity index (χ1) is 10.6. The van der Waals surface area contributed by atoms with E-state index in [4.69, 9.17) is 10.5 Å². The van der Waals surface area contributed by atoms with Gasteiger partial charge in [-0.15, -0.1) is 12.4 Å². The normalized spacial score (nSPS) is 11.3. The average Bonchev–Trinajstić information content (AvgIpc) is 2.98. The summed E-state index contributed by atoms with van der Waals surface area (Å²) < 4.78 is 5.88. The number of hydrogen-bond donors (Lipinski definition) is 2. The van der Waals surface area contributed by atoms with Crippen LogP contribution in [0.25, 0.3) is 10.9 Å². The number of aromatic amines is 1. The van der Waals surface area contributed by atoms with Crippen LogP contribution in [0.3, 0.4) is 0 Å². The molecule has 0 bridgehead atoms. The first kappa shape index (κ1) is 17.4. The SMILES string of the molecule is CC(C)(CN)c1c[nH]c2cc(OCc3ccccc3)ccc12.Cl. The molecule has 3 rings (SSSR count). The summed E-state index contributed by atoms with van der Waals surface area (Å²) in [6, 6.07) is 16.4. The summed E-state index contributed by atoms with van der Waals surface area (Å²) in [6.07, 6.45) is 2.05. The van der Waals surface area contributed by atoms with E-state index in [1.807, 2.05) is 30.3 Å². The van der Waals surface area contributed by atoms with Gasteiger partial charge in [0.25, 0.3) is 0 Å². The molecule has 4 heteroatoms. The van der Waals surface area contributed by atoms with Crippen molar-refractivity contribution in [3.63, 3.8) is 0 Å². The lowest BCUT2D eigenvalue weighted by atomic mass is 9.85. The molecule has 0 unspecified atom stereocenters. The number of fused-ring (bicyclic) bond motifs is 1. The lowest BCUT2D eigenvalue weighted by Gasteiger charge is -2.21. The summed E-state index contributed by atoms with van der Waals surface area (Å²) in [5.41, 5.74) is 9.36. The van der Waals surface area contributed by atoms with Crippen molar-refractivity contribution in [1.29, 1.82) is 0 Å². The van der Waals surface area contributed by atoms with Gasteiger partial charge in [0.15, 0.2) is 0 Å². The molecule has 1 heterocycles. The highest BCUT2D eigenvalue weighted by atomic mass is 35.5. The molecule has 0 aliphatic heterocycles. The Morgan fingerprint density at radius 1 is 1.09 bits per heavy atom. The lowest BCUT2D eigenvalue weighted by molar-refractivity contribution is 0.306. The zero-order valence-electron chi connectivity index (χ0n) is 13.5. The van der Waals surface area contributed by atoms with Gasteiger partial charge in [-0.1, -0.05) is 44.2 Å². The maximum Gasteiger partial charge on any atom is 0.121 e. The highest BCUT2D eigenvalue weighted by molar-refractivity contribution is 5.86. The Balaban J connectivity index is 0.00000192. The van der Waals surface area contributed by atoms with Gasteiger partial charge >= 0.3 is 0 Å². The summed E-state index contributed by atoms with van der Waals surface area (Å²) in [4.78, 5) is 3.33. The second kappa shape index (κ2) is 7.07. The first-order valence-electron chi connectivity index (χ1n) is 7.58. The van der Waals surface area contributed by atoms with E-state index in [1.54, 1.807) is 0 Å². The highest BCUT2D eigenvalue weighted by Crippen LogP contribution is 2.31. The molecule has 0 fully saturated rings. The Kier molecular flexibility index (Phi) is 5.34. The van der Waals surface area contributed by atoms with Crippen molar-refractivity contribution in [3.05, 3.63) is 65.9 Å². The maximum atomic E-state index is 5.89. The lowest BCUT2D eigenvalue weighted by Crippen LogP contribution is -2.27. The summed E-state index contributed by atoms with van der Waals surface area (Å²) in [7, 11) is 0. The zero-order valence-corrected chi connectivity index (χ0v) is 14.3. The van der Waals surface area contributed by atoms with Crippen molar-refractivity contribution in [1.82, 2.24) is 4.98 Å². The fraction of sp³-hybridized carbons (Fsp3) is 0.263. The van der Waals surface area contributed by atoms with Crippen LogP contribution < -0.4 is 10.5 Å². The number of ether oxygens (including phenoxy) is 1. The van der Waals surface area contributed by atoms with Gasteiger partial charge in [0, 0.05) is 35.1 Å². The van der Waals surface area contributed by atoms with Gasteiger partial charge in [-0.25, -0.2) is 0 Å². The van der Waals surface area contributed by atoms with E-state index in [-0.39, 0.29) is 17.8 Å². The van der Waals surface area contributed by atoms with E-state index < -0.39 is 0 Å². The van der Waals surface area contributed by atoms with Crippen LogP contribution in [0.1, 0.15) is 25.0 Å². The van der Waals surface area contributed by atoms with E-state index in [1.165, 1.54) is 16.5 Å². The first-order valence-corrected chi connectivity index (χ1v) is 7.58. The number of hydrogen-bond acceptors (Lipinski definition) is 2. The number of halogens is 1. The quantitative estimate of drug-likeness (QED) is 0.728. The van der Waals surface area contributed by atoms with Crippen LogP contribution in [0.2, 0.25) is 0 Å². The topological polar surface area (TPSA) is 51.0 Å². The number of nitrogens with two attached hydrogens (primary N) is 1. The van der Waals surface area contributed by atoms with Crippen molar-refractivity contribution in [3.8, 4) is 5.75 Å². The number of H-pyrrole nitrogens is 1. The smallest absolute Gasteiger partial charge is 0.121 e. The molecule has 0 atom stereocenters. The van der Waals surface area contributed by atoms with Crippen LogP contribution in [-0.4, -0.2) is 11.5 Å². The number of aromatic nitrogens is 1. The number of rotatable bonds is 5. The minimum atomic E-state index is -0.0370. The van der Waals surface area contributed by atoms with Crippen molar-refractivity contribution in [2.24, 2.45) is 5.73 Å². The molecule has 1 aromatic heterocycles. The number of benzene rings is 2. The molecule has 0 aliphatic carbocycles. The Morgan fingerprint density at radius 2 is 1.83 bits per heavy atom. The molecule has 0 radical (unpaired) electrons. The molecule has 2 aromatic carbocycles. The van der Waals surface area contributed by atoms with Crippen LogP contribution in [0.15, 0.2) is 54.7 Å². The molecule has 23 heavy (non-hydrogen) atoms. The minimum absolute atomic E-state index is 0. The Hall–Kier alpha value is -1.97. The molecule has 0 saturated carbocycles. The molecular formula is C19H23ClN2O. The number of nitrogens with one attached hydrogen (secondary N) is 1. The highest BCUT2D eigenvalue weighted by Gasteiger charge is 2.22. The van der Waals surface area contributed by atoms with Crippen molar-refractivity contribution in [2.75, 3.05) is 6.54 Å². The fourth-order valence-electron chi connectivity index (χ4n) is 2.61. The van der Waals surface area contributed by atoms with Crippen LogP contribution in [0.5, 0.6) is 5.75 Å². The third-order valence-corrected chi connectivity index (χ3v) is 4.14. The molecular weight excluding hydrogens is 308 g/mol. The summed E-state index contributed by atoms with van der Waals surface area (Å²) in [5.74, 6) is 0.871. The Bertz CT molecular complexity index is 765. The summed E-state index contributed by atoms with van der Waals surface area (Å²) in [5, 5.41) is 1.21. The summed E-state index contributed by atoms with van der Waals surface area (Å²) >= 11 is 0. The molecule has 0 amide bonds. The van der Waals surface area contributed by atoms with E-state index in [0.29, 0.717) is 13.2 Å². The van der Waals surface area contributed by atoms with Gasteiger partial charge in [-0.05, 0) is 23.3 Å². The van der Waals surface area contributed by atoms with E-state index in [9.17, 15) is 0 Å². The third kappa shape index (κ3) is 3.69. The van der Waals surface area contributed by atoms with E-state index in [0.717, 1.165) is 11.3 Å². The van der Waals surface area contributed by atoms with Gasteiger partial charge in [-0.3, -0.25) is 0 Å². The molecule has 0 spiro atoms. The van der Waals surface area contributed by atoms with Crippen molar-refractivity contribution >= 4 is 23.3 Å². The van der Waals surface area contributed by atoms with E-state index >= 15 is 0 Å². The van der Waals surface area contributed by atoms with Crippen molar-refractivity contribution < 1.29 is 4.74 Å². The van der Waals surface area contributed by atoms with Crippen molar-refractivity contribution in [2.45, 2.75) is 25.9 Å². The molecule has 3 N–H and O–H groups in total. The van der Waals surface area contributed by atoms with Gasteiger partial charge in [0.1, 0.15) is 12.4 Å². The Labute approximate surface area is 143 Å². The molecule has 3 nitrogen and oxygen atoms in total. The minimum Gasteiger partial charge on any atom is -0.489 e. The maximum absolute atomic E-state index is 5.89. The molecule has 3 aromatic rings. The van der Waals surface area contributed by atoms with Crippen LogP contribution in [0, 0.1) is 0 Å². The fourth-order valence-corrected chi connectivity index (χ4v) is 2.61. The third-order valence-electron chi connectivity index (χ3n) is 4.14.